The van der Waals surface area contributed by atoms with E-state index in [0.717, 1.165) is 5.56 Å². The van der Waals surface area contributed by atoms with Gasteiger partial charge in [0.25, 0.3) is 0 Å². The van der Waals surface area contributed by atoms with Crippen LogP contribution in [0.25, 0.3) is 0 Å². The molecule has 0 aromatic heterocycles. The molecule has 1 fully saturated rings. The molecule has 0 saturated carbocycles. The van der Waals surface area contributed by atoms with Gasteiger partial charge in [-0.15, -0.1) is 0 Å². The Morgan fingerprint density at radius 1 is 1.33 bits per heavy atom. The number of ether oxygens (including phenoxy) is 1. The zero-order valence-corrected chi connectivity index (χ0v) is 12.2. The predicted molar refractivity (Wildman–Crippen MR) is 78.7 cm³/mol. The summed E-state index contributed by atoms with van der Waals surface area (Å²) in [5.74, 6) is -0.297. The minimum absolute atomic E-state index is 0.124. The van der Waals surface area contributed by atoms with Gasteiger partial charge in [0.05, 0.1) is 19.3 Å². The van der Waals surface area contributed by atoms with Crippen LogP contribution >= 0.6 is 0 Å². The third kappa shape index (κ3) is 5.53. The molecule has 2 rings (SSSR count). The van der Waals surface area contributed by atoms with Crippen LogP contribution in [0.2, 0.25) is 0 Å². The Morgan fingerprint density at radius 2 is 2.10 bits per heavy atom. The van der Waals surface area contributed by atoms with Crippen LogP contribution in [0.1, 0.15) is 12.5 Å². The molecule has 0 radical (unpaired) electrons. The highest BCUT2D eigenvalue weighted by atomic mass is 16.5. The van der Waals surface area contributed by atoms with Gasteiger partial charge in [-0.1, -0.05) is 30.3 Å². The highest BCUT2D eigenvalue weighted by molar-refractivity contribution is 5.95. The zero-order valence-electron chi connectivity index (χ0n) is 12.2. The number of morpholine rings is 1. The molecule has 2 N–H and O–H groups in total. The lowest BCUT2D eigenvalue weighted by Gasteiger charge is -2.30. The standard InChI is InChI=1S/C15H21N3O3/c1-12-10-18(7-8-21-12)11-14(19)17-15(20)16-9-13-5-3-2-4-6-13/h2-6,12H,7-11H2,1H3,(H2,16,17,19,20)/t12-/m1/s1. The van der Waals surface area contributed by atoms with E-state index in [4.69, 9.17) is 4.74 Å². The van der Waals surface area contributed by atoms with Crippen molar-refractivity contribution in [3.05, 3.63) is 35.9 Å². The minimum atomic E-state index is -0.467. The summed E-state index contributed by atoms with van der Waals surface area (Å²) in [6.07, 6.45) is 0.124. The van der Waals surface area contributed by atoms with Gasteiger partial charge in [0.15, 0.2) is 0 Å². The minimum Gasteiger partial charge on any atom is -0.376 e. The lowest BCUT2D eigenvalue weighted by Crippen LogP contribution is -2.48. The second-order valence-corrected chi connectivity index (χ2v) is 5.13. The molecule has 114 valence electrons. The molecule has 21 heavy (non-hydrogen) atoms. The first-order valence-corrected chi connectivity index (χ1v) is 7.09. The van der Waals surface area contributed by atoms with Crippen LogP contribution in [0, 0.1) is 0 Å². The molecular weight excluding hydrogens is 270 g/mol. The predicted octanol–water partition coefficient (Wildman–Crippen LogP) is 0.733. The second-order valence-electron chi connectivity index (χ2n) is 5.13. The van der Waals surface area contributed by atoms with E-state index < -0.39 is 6.03 Å². The molecule has 1 aliphatic heterocycles. The van der Waals surface area contributed by atoms with Crippen LogP contribution in [0.5, 0.6) is 0 Å². The van der Waals surface area contributed by atoms with E-state index in [1.54, 1.807) is 0 Å². The fourth-order valence-corrected chi connectivity index (χ4v) is 2.23. The van der Waals surface area contributed by atoms with Crippen molar-refractivity contribution < 1.29 is 14.3 Å². The summed E-state index contributed by atoms with van der Waals surface area (Å²) in [4.78, 5) is 25.4. The average Bonchev–Trinajstić information content (AvgIpc) is 2.46. The number of imide groups is 1. The summed E-state index contributed by atoms with van der Waals surface area (Å²) < 4.78 is 5.41. The van der Waals surface area contributed by atoms with Gasteiger partial charge in [-0.2, -0.15) is 0 Å². The second kappa shape index (κ2) is 7.75. The molecule has 1 aliphatic rings. The lowest BCUT2D eigenvalue weighted by molar-refractivity contribution is -0.122. The van der Waals surface area contributed by atoms with E-state index >= 15 is 0 Å². The molecule has 1 aromatic rings. The monoisotopic (exact) mass is 291 g/mol. The fraction of sp³-hybridized carbons (Fsp3) is 0.467. The van der Waals surface area contributed by atoms with E-state index in [0.29, 0.717) is 26.2 Å². The van der Waals surface area contributed by atoms with Crippen molar-refractivity contribution in [1.29, 1.82) is 0 Å². The molecule has 1 heterocycles. The molecule has 6 nitrogen and oxygen atoms in total. The van der Waals surface area contributed by atoms with Crippen molar-refractivity contribution in [3.8, 4) is 0 Å². The lowest BCUT2D eigenvalue weighted by atomic mass is 10.2. The number of carbonyl (C=O) groups is 2. The quantitative estimate of drug-likeness (QED) is 0.858. The number of nitrogens with one attached hydrogen (secondary N) is 2. The highest BCUT2D eigenvalue weighted by Crippen LogP contribution is 2.03. The number of amides is 3. The van der Waals surface area contributed by atoms with Gasteiger partial charge in [0.1, 0.15) is 0 Å². The maximum absolute atomic E-state index is 11.8. The topological polar surface area (TPSA) is 70.7 Å². The Kier molecular flexibility index (Phi) is 5.71. The number of hydrogen-bond acceptors (Lipinski definition) is 4. The van der Waals surface area contributed by atoms with Crippen LogP contribution in [0.4, 0.5) is 4.79 Å². The van der Waals surface area contributed by atoms with Crippen molar-refractivity contribution in [1.82, 2.24) is 15.5 Å². The molecular formula is C15H21N3O3. The summed E-state index contributed by atoms with van der Waals surface area (Å²) in [6, 6.07) is 9.08. The van der Waals surface area contributed by atoms with Crippen LogP contribution in [-0.2, 0) is 16.1 Å². The Labute approximate surface area is 124 Å². The van der Waals surface area contributed by atoms with Crippen molar-refractivity contribution >= 4 is 11.9 Å². The van der Waals surface area contributed by atoms with E-state index in [9.17, 15) is 9.59 Å². The maximum atomic E-state index is 11.8. The van der Waals surface area contributed by atoms with Crippen molar-refractivity contribution in [2.45, 2.75) is 19.6 Å². The highest BCUT2D eigenvalue weighted by Gasteiger charge is 2.19. The summed E-state index contributed by atoms with van der Waals surface area (Å²) in [7, 11) is 0. The molecule has 0 bridgehead atoms. The maximum Gasteiger partial charge on any atom is 0.321 e. The smallest absolute Gasteiger partial charge is 0.321 e. The zero-order chi connectivity index (χ0) is 15.1. The summed E-state index contributed by atoms with van der Waals surface area (Å²) in [5, 5.41) is 5.00. The van der Waals surface area contributed by atoms with Crippen LogP contribution in [-0.4, -0.2) is 49.2 Å². The molecule has 1 aromatic carbocycles. The average molecular weight is 291 g/mol. The molecule has 1 saturated heterocycles. The van der Waals surface area contributed by atoms with Gasteiger partial charge in [-0.3, -0.25) is 15.0 Å². The number of benzene rings is 1. The van der Waals surface area contributed by atoms with Crippen LogP contribution in [0.3, 0.4) is 0 Å². The number of carbonyl (C=O) groups excluding carboxylic acids is 2. The Balaban J connectivity index is 1.68. The van der Waals surface area contributed by atoms with Gasteiger partial charge in [-0.05, 0) is 12.5 Å². The number of nitrogens with zero attached hydrogens (tertiary/aromatic N) is 1. The van der Waals surface area contributed by atoms with Gasteiger partial charge < -0.3 is 10.1 Å². The first-order chi connectivity index (χ1) is 10.1. The SMILES string of the molecule is C[C@@H]1CN(CC(=O)NC(=O)NCc2ccccc2)CCO1. The van der Waals surface area contributed by atoms with E-state index in [1.807, 2.05) is 42.2 Å². The Morgan fingerprint density at radius 3 is 2.81 bits per heavy atom. The normalized spacial score (nSPS) is 19.0. The van der Waals surface area contributed by atoms with Crippen molar-refractivity contribution in [2.75, 3.05) is 26.2 Å². The largest absolute Gasteiger partial charge is 0.376 e. The summed E-state index contributed by atoms with van der Waals surface area (Å²) in [5.41, 5.74) is 0.988. The number of urea groups is 1. The van der Waals surface area contributed by atoms with E-state index in [1.165, 1.54) is 0 Å². The van der Waals surface area contributed by atoms with Gasteiger partial charge >= 0.3 is 6.03 Å². The van der Waals surface area contributed by atoms with E-state index in [-0.39, 0.29) is 18.6 Å². The van der Waals surface area contributed by atoms with Crippen LogP contribution in [0.15, 0.2) is 30.3 Å². The third-order valence-corrected chi connectivity index (χ3v) is 3.24. The van der Waals surface area contributed by atoms with Gasteiger partial charge in [0, 0.05) is 19.6 Å². The van der Waals surface area contributed by atoms with Gasteiger partial charge in [0.2, 0.25) is 5.91 Å². The third-order valence-electron chi connectivity index (χ3n) is 3.24. The summed E-state index contributed by atoms with van der Waals surface area (Å²) in [6.45, 7) is 4.62. The number of hydrogen-bond donors (Lipinski definition) is 2. The van der Waals surface area contributed by atoms with Crippen molar-refractivity contribution in [3.63, 3.8) is 0 Å². The Bertz CT molecular complexity index is 478. The van der Waals surface area contributed by atoms with Gasteiger partial charge in [-0.25, -0.2) is 4.79 Å². The molecule has 6 heteroatoms. The van der Waals surface area contributed by atoms with E-state index in [2.05, 4.69) is 10.6 Å². The Hall–Kier alpha value is -1.92. The molecule has 3 amide bonds. The van der Waals surface area contributed by atoms with Crippen LogP contribution < -0.4 is 10.6 Å². The molecule has 0 unspecified atom stereocenters. The number of rotatable bonds is 4. The summed E-state index contributed by atoms with van der Waals surface area (Å²) >= 11 is 0. The first-order valence-electron chi connectivity index (χ1n) is 7.09. The first kappa shape index (κ1) is 15.5. The molecule has 0 aliphatic carbocycles. The molecule has 1 atom stereocenters. The van der Waals surface area contributed by atoms with Crippen molar-refractivity contribution in [2.24, 2.45) is 0 Å². The molecule has 0 spiro atoms. The fourth-order valence-electron chi connectivity index (χ4n) is 2.23.